The molecule has 8 aromatic rings. The van der Waals surface area contributed by atoms with Crippen LogP contribution >= 0.6 is 11.6 Å². The summed E-state index contributed by atoms with van der Waals surface area (Å²) in [6, 6.07) is 15.3. The van der Waals surface area contributed by atoms with Gasteiger partial charge >= 0.3 is 0 Å². The van der Waals surface area contributed by atoms with Crippen LogP contribution in [-0.4, -0.2) is 240 Å². The molecule has 0 amide bonds. The van der Waals surface area contributed by atoms with E-state index in [2.05, 4.69) is 98.5 Å². The fourth-order valence-electron chi connectivity index (χ4n) is 18.7. The maximum Gasteiger partial charge on any atom is 0.214 e. The number of hydrogen-bond acceptors (Lipinski definition) is 31. The van der Waals surface area contributed by atoms with E-state index in [0.717, 1.165) is 116 Å². The summed E-state index contributed by atoms with van der Waals surface area (Å²) in [6.07, 6.45) is 22.3. The molecule has 0 N–H and O–H groups in total. The molecule has 668 valence electrons. The summed E-state index contributed by atoms with van der Waals surface area (Å²) in [5.74, 6) is 7.42. The molecule has 20 rings (SSSR count). The Hall–Kier alpha value is -9.59. The third-order valence-corrected chi connectivity index (χ3v) is 34.0. The molecular weight excluding hydrogens is 1710 g/mol. The maximum absolute atomic E-state index is 12.8. The average molecular weight is 1820 g/mol. The molecule has 8 fully saturated rings. The molecule has 0 unspecified atom stereocenters. The predicted octanol–water partition coefficient (Wildman–Crippen LogP) is 12.2. The SMILES string of the molecule is CC1=Cc2c(-c3nc([C@H]4CCCS4(=O)=O)cc(N4CCOC[C@H]4C)n3)cc(Cl)nc2C1.CCOc1cc(-c2nc([C@@H]3CCCS3(=O)=O)cc(N3CCOC[C@H]3C)n2)c2c(n1)CC=C2.CCOc1cc(-c2nc([C@H]3CCCS3(=O)=O)cc(N3CCOC[C@H]3C)n2)c2c(n1)CC=C2.COc1cc(-c2nc([C@@H]3CCCS3(=O)=O)cc(N3CCOC[C@H]3C)n2)c2c(n1)CC=C2. The molecule has 8 atom stereocenters. The van der Waals surface area contributed by atoms with Crippen LogP contribution in [0.5, 0.6) is 17.6 Å². The summed E-state index contributed by atoms with van der Waals surface area (Å²) >= 11 is 6.34. The lowest BCUT2D eigenvalue weighted by Gasteiger charge is -2.34. The van der Waals surface area contributed by atoms with Gasteiger partial charge < -0.3 is 52.8 Å². The largest absolute Gasteiger partial charge is 0.481 e. The van der Waals surface area contributed by atoms with Gasteiger partial charge in [-0.05, 0) is 106 Å². The molecule has 0 radical (unpaired) electrons. The zero-order valence-corrected chi connectivity index (χ0v) is 76.3. The number of aromatic nitrogens is 12. The topological polar surface area (TPSA) is 369 Å². The van der Waals surface area contributed by atoms with Crippen molar-refractivity contribution in [2.24, 2.45) is 0 Å². The summed E-state index contributed by atoms with van der Waals surface area (Å²) in [5.41, 5.74) is 14.3. The number of sulfone groups is 4. The number of nitrogens with zero attached hydrogens (tertiary/aromatic N) is 16. The second-order valence-corrected chi connectivity index (χ2v) is 43.5. The molecule has 12 aliphatic rings. The van der Waals surface area contributed by atoms with Gasteiger partial charge in [-0.3, -0.25) is 0 Å². The molecule has 4 aliphatic carbocycles. The Balaban J connectivity index is 0.000000119. The van der Waals surface area contributed by atoms with Crippen molar-refractivity contribution in [1.29, 1.82) is 0 Å². The molecule has 0 aromatic carbocycles. The number of hydrogen-bond donors (Lipinski definition) is 0. The Kier molecular flexibility index (Phi) is 26.1. The van der Waals surface area contributed by atoms with Crippen LogP contribution in [0.4, 0.5) is 23.3 Å². The fraction of sp³-hybridized carbons (Fsp3) is 0.511. The number of rotatable bonds is 17. The highest BCUT2D eigenvalue weighted by Gasteiger charge is 2.41. The number of allylic oxidation sites excluding steroid dienone is 4. The highest BCUT2D eigenvalue weighted by Crippen LogP contribution is 2.45. The van der Waals surface area contributed by atoms with Crippen molar-refractivity contribution in [2.75, 3.05) is 142 Å². The van der Waals surface area contributed by atoms with Crippen LogP contribution in [0, 0.1) is 0 Å². The van der Waals surface area contributed by atoms with Crippen molar-refractivity contribution < 1.29 is 66.8 Å². The number of fused-ring (bicyclic) bond motifs is 4. The van der Waals surface area contributed by atoms with Gasteiger partial charge in [-0.1, -0.05) is 59.7 Å². The molecule has 0 saturated carbocycles. The lowest BCUT2D eigenvalue weighted by Crippen LogP contribution is -2.44. The van der Waals surface area contributed by atoms with Gasteiger partial charge in [-0.25, -0.2) is 93.5 Å². The van der Waals surface area contributed by atoms with Crippen LogP contribution in [0.3, 0.4) is 0 Å². The first-order valence-corrected chi connectivity index (χ1v) is 51.0. The van der Waals surface area contributed by atoms with Crippen molar-refractivity contribution >= 4 is 98.5 Å². The van der Waals surface area contributed by atoms with Gasteiger partial charge in [0.2, 0.25) is 17.6 Å². The van der Waals surface area contributed by atoms with Crippen molar-refractivity contribution in [1.82, 2.24) is 59.8 Å². The average Bonchev–Trinajstić information content (AvgIpc) is 1.51. The van der Waals surface area contributed by atoms with E-state index in [9.17, 15) is 33.7 Å². The summed E-state index contributed by atoms with van der Waals surface area (Å²) < 4.78 is 141. The van der Waals surface area contributed by atoms with Gasteiger partial charge in [0.05, 0.1) is 166 Å². The first-order valence-electron chi connectivity index (χ1n) is 43.8. The quantitative estimate of drug-likeness (QED) is 0.0764. The molecule has 36 heteroatoms. The highest BCUT2D eigenvalue weighted by molar-refractivity contribution is 7.92. The number of ether oxygens (including phenoxy) is 7. The summed E-state index contributed by atoms with van der Waals surface area (Å²) in [5, 5.41) is -1.96. The maximum atomic E-state index is 12.8. The lowest BCUT2D eigenvalue weighted by molar-refractivity contribution is 0.0985. The lowest BCUT2D eigenvalue weighted by atomic mass is 10.1. The van der Waals surface area contributed by atoms with E-state index < -0.39 is 60.3 Å². The first kappa shape index (κ1) is 88.4. The van der Waals surface area contributed by atoms with Gasteiger partial charge in [-0.15, -0.1) is 0 Å². The number of methoxy groups -OCH3 is 1. The summed E-state index contributed by atoms with van der Waals surface area (Å²) in [6.45, 7) is 23.0. The van der Waals surface area contributed by atoms with Gasteiger partial charge in [0.25, 0.3) is 0 Å². The number of halogens is 1. The fourth-order valence-corrected chi connectivity index (χ4v) is 26.3. The minimum Gasteiger partial charge on any atom is -0.481 e. The van der Waals surface area contributed by atoms with Gasteiger partial charge in [0.1, 0.15) is 49.4 Å². The Morgan fingerprint density at radius 2 is 0.690 bits per heavy atom. The summed E-state index contributed by atoms with van der Waals surface area (Å²) in [4.78, 5) is 65.8. The van der Waals surface area contributed by atoms with Gasteiger partial charge in [0.15, 0.2) is 62.6 Å². The van der Waals surface area contributed by atoms with Gasteiger partial charge in [-0.2, -0.15) is 0 Å². The van der Waals surface area contributed by atoms with E-state index in [1.807, 2.05) is 74.5 Å². The molecular formula is C90H107ClN16O15S4. The normalized spacial score (nSPS) is 24.3. The zero-order chi connectivity index (χ0) is 87.9. The second kappa shape index (κ2) is 37.2. The van der Waals surface area contributed by atoms with Crippen molar-refractivity contribution in [3.63, 3.8) is 0 Å². The monoisotopic (exact) mass is 1810 g/mol. The second-order valence-electron chi connectivity index (χ2n) is 33.9. The molecule has 16 heterocycles. The molecule has 8 aromatic heterocycles. The van der Waals surface area contributed by atoms with Gasteiger partial charge in [0, 0.05) is 139 Å². The molecule has 8 saturated heterocycles. The number of anilines is 4. The standard InChI is InChI=1S/2C23H28N4O4S.C22H25ClN4O3S.C22H26N4O4S/c2*1-3-31-22-12-17(16-6-4-7-18(16)24-22)23-25-19(20-8-5-11-32(20,28)29)13-21(26-23)27-9-10-30-14-15(27)2;1-13-8-15-16(10-20(23)24-17(15)9-13)22-25-18(19-4-3-7-31(19,28)29)11-21(26-22)27-5-6-30-12-14(27)2;1-14-13-30-9-8-26(14)20-12-18(19-7-4-10-31(19,27)28)24-22(25-20)16-11-21(29-2)23-17-6-3-5-15(16)17/h2*4,6,12-13,15,20H,3,5,7-11,14H2,1-2H3;8,10-11,14,19H,3-7,9,12H2,1-2H3;3,5,11-12,14,19H,4,6-10,13H2,1-2H3/t15-,20+;15-,20-;14-,19-;14-,19+/m1111/s1. The van der Waals surface area contributed by atoms with Crippen molar-refractivity contribution in [3.05, 3.63) is 145 Å². The first-order chi connectivity index (χ1) is 60.7. The highest BCUT2D eigenvalue weighted by atomic mass is 35.5. The van der Waals surface area contributed by atoms with Crippen LogP contribution in [0.2, 0.25) is 5.15 Å². The van der Waals surface area contributed by atoms with Crippen LogP contribution < -0.4 is 33.8 Å². The van der Waals surface area contributed by atoms with Crippen molar-refractivity contribution in [2.45, 2.75) is 171 Å². The Bertz CT molecular complexity index is 5940. The Labute approximate surface area is 741 Å². The third-order valence-electron chi connectivity index (χ3n) is 25.0. The molecule has 0 spiro atoms. The molecule has 31 nitrogen and oxygen atoms in total. The van der Waals surface area contributed by atoms with Crippen molar-refractivity contribution in [3.8, 4) is 63.2 Å². The molecule has 0 bridgehead atoms. The minimum atomic E-state index is -3.21. The van der Waals surface area contributed by atoms with E-state index >= 15 is 0 Å². The zero-order valence-electron chi connectivity index (χ0n) is 72.3. The number of pyridine rings is 4. The van der Waals surface area contributed by atoms with Crippen LogP contribution in [0.15, 0.2) is 72.3 Å². The van der Waals surface area contributed by atoms with E-state index in [-0.39, 0.29) is 47.2 Å². The van der Waals surface area contributed by atoms with Crippen LogP contribution in [-0.2, 0) is 84.0 Å². The minimum absolute atomic E-state index is 0.137. The Morgan fingerprint density at radius 1 is 0.389 bits per heavy atom. The number of morpholine rings is 4. The van der Waals surface area contributed by atoms with Crippen LogP contribution in [0.1, 0.15) is 189 Å². The predicted molar refractivity (Wildman–Crippen MR) is 484 cm³/mol. The van der Waals surface area contributed by atoms with E-state index in [1.54, 1.807) is 13.2 Å². The van der Waals surface area contributed by atoms with E-state index in [1.165, 1.54) is 5.57 Å². The third kappa shape index (κ3) is 18.7. The summed E-state index contributed by atoms with van der Waals surface area (Å²) in [7, 11) is -11.3. The molecule has 8 aliphatic heterocycles. The van der Waals surface area contributed by atoms with E-state index in [4.69, 9.17) is 84.6 Å². The molecule has 126 heavy (non-hydrogen) atoms. The smallest absolute Gasteiger partial charge is 0.214 e. The van der Waals surface area contributed by atoms with Crippen LogP contribution in [0.25, 0.3) is 69.9 Å². The van der Waals surface area contributed by atoms with E-state index in [0.29, 0.717) is 212 Å². The Morgan fingerprint density at radius 3 is 0.976 bits per heavy atom.